The zero-order chi connectivity index (χ0) is 51.5. The largest absolute Gasteiger partial charge is 0.507 e. The number of anilines is 2. The highest BCUT2D eigenvalue weighted by molar-refractivity contribution is 7.10. The summed E-state index contributed by atoms with van der Waals surface area (Å²) in [5.74, 6) is -2.26. The number of amides is 5. The van der Waals surface area contributed by atoms with Gasteiger partial charge in [-0.15, -0.1) is 11.3 Å². The second kappa shape index (κ2) is 22.1. The van der Waals surface area contributed by atoms with Gasteiger partial charge in [-0.05, 0) is 81.3 Å². The summed E-state index contributed by atoms with van der Waals surface area (Å²) >= 11 is 8.11. The third-order valence-electron chi connectivity index (χ3n) is 14.2. The fourth-order valence-electron chi connectivity index (χ4n) is 10.1. The van der Waals surface area contributed by atoms with E-state index in [0.29, 0.717) is 25.4 Å². The number of benzene rings is 4. The van der Waals surface area contributed by atoms with Crippen molar-refractivity contribution < 1.29 is 37.9 Å². The molecule has 3 fully saturated rings. The van der Waals surface area contributed by atoms with Crippen LogP contribution >= 0.6 is 22.9 Å². The number of likely N-dealkylation sites (N-methyl/N-ethyl adjacent to an activating group) is 1. The predicted molar refractivity (Wildman–Crippen MR) is 277 cm³/mol. The van der Waals surface area contributed by atoms with Crippen LogP contribution in [-0.4, -0.2) is 124 Å². The van der Waals surface area contributed by atoms with Crippen LogP contribution < -0.4 is 31.4 Å². The van der Waals surface area contributed by atoms with Crippen LogP contribution in [0.5, 0.6) is 11.5 Å². The van der Waals surface area contributed by atoms with E-state index in [1.165, 1.54) is 41.5 Å². The number of urea groups is 1. The first-order chi connectivity index (χ1) is 35.2. The molecule has 1 aliphatic carbocycles. The number of hydroxylamine groups is 2. The summed E-state index contributed by atoms with van der Waals surface area (Å²) in [6, 6.07) is 14.6. The minimum absolute atomic E-state index is 0.00435. The number of carbonyl (C=O) groups excluding carboxylic acids is 4. The smallest absolute Gasteiger partial charge is 0.314 e. The Kier molecular flexibility index (Phi) is 15.4. The number of aromatic hydroxyl groups is 1. The lowest BCUT2D eigenvalue weighted by Gasteiger charge is -2.35. The standard InChI is InChI=1S/C52H58ClF2N11O6S/c1-29(57-2)48(69)60-45(30-11-5-4-6-12-30)50(70)66-22-10-16-38(66)49-59-37(28-73-49)32-18-19-40(33-14-8-7-13-31(32)33)72-63(3)41(68)20-21-58-52-61-46-34(47(62-52)64-23-25-65(26-24-64)51(56)71)27-35(53)42(44(46)55)43-36(54)15-9-17-39(43)67/h7-9,13-15,17-19,27-30,38,45,57,67H,4-6,10-12,16,20-26H2,1-3H3,(H2,56,71)(H,60,69)(H,58,61,62)/t29-,38-,45-/m0/s1. The average molecular weight is 1040 g/mol. The molecule has 4 aromatic carbocycles. The number of aromatic nitrogens is 3. The third kappa shape index (κ3) is 10.6. The van der Waals surface area contributed by atoms with E-state index >= 15 is 8.78 Å². The van der Waals surface area contributed by atoms with Crippen molar-refractivity contribution in [2.45, 2.75) is 76.4 Å². The molecule has 0 radical (unpaired) electrons. The van der Waals surface area contributed by atoms with Gasteiger partial charge in [-0.2, -0.15) is 10.0 Å². The van der Waals surface area contributed by atoms with Gasteiger partial charge in [0.1, 0.15) is 34.0 Å². The van der Waals surface area contributed by atoms with Crippen molar-refractivity contribution in [2.24, 2.45) is 11.7 Å². The molecule has 6 N–H and O–H groups in total. The van der Waals surface area contributed by atoms with Crippen molar-refractivity contribution in [3.05, 3.63) is 87.7 Å². The molecule has 6 aromatic rings. The topological polar surface area (TPSA) is 211 Å². The molecule has 0 bridgehead atoms. The number of likely N-dealkylation sites (tertiary alicyclic amines) is 1. The second-order valence-electron chi connectivity index (χ2n) is 18.7. The summed E-state index contributed by atoms with van der Waals surface area (Å²) in [4.78, 5) is 78.7. The second-order valence-corrected chi connectivity index (χ2v) is 20.0. The molecule has 1 saturated carbocycles. The molecule has 2 aliphatic heterocycles. The normalized spacial score (nSPS) is 17.2. The molecule has 5 amide bonds. The Morgan fingerprint density at radius 1 is 0.918 bits per heavy atom. The van der Waals surface area contributed by atoms with Crippen LogP contribution in [0.15, 0.2) is 66.0 Å². The van der Waals surface area contributed by atoms with Gasteiger partial charge in [0.25, 0.3) is 5.91 Å². The number of thiazole rings is 1. The molecule has 3 atom stereocenters. The van der Waals surface area contributed by atoms with E-state index in [0.717, 1.165) is 83.1 Å². The first-order valence-electron chi connectivity index (χ1n) is 24.6. The Hall–Kier alpha value is -6.90. The maximum Gasteiger partial charge on any atom is 0.314 e. The number of piperazine rings is 1. The quantitative estimate of drug-likeness (QED) is 0.0620. The number of carbonyl (C=O) groups is 4. The van der Waals surface area contributed by atoms with Crippen molar-refractivity contribution in [2.75, 3.05) is 63.6 Å². The Balaban J connectivity index is 0.902. The number of primary amides is 1. The molecule has 4 heterocycles. The SMILES string of the molecule is CN[C@@H](C)C(=O)N[C@H](C(=O)N1CCC[C@H]1c1nc(-c2ccc(ON(C)C(=O)CCNc3nc(N4CCN(C(N)=O)CC4)c4cc(Cl)c(-c5c(O)cccc5F)c(F)c4n3)c3ccccc23)cs1)C1CCCCC1. The van der Waals surface area contributed by atoms with E-state index in [-0.39, 0.29) is 83.1 Å². The number of nitrogens with one attached hydrogen (secondary N) is 3. The summed E-state index contributed by atoms with van der Waals surface area (Å²) in [5, 5.41) is 25.3. The van der Waals surface area contributed by atoms with E-state index in [2.05, 4.69) is 20.9 Å². The van der Waals surface area contributed by atoms with Gasteiger partial charge in [0, 0.05) is 80.0 Å². The van der Waals surface area contributed by atoms with Gasteiger partial charge in [0.2, 0.25) is 17.8 Å². The fourth-order valence-corrected chi connectivity index (χ4v) is 11.4. The summed E-state index contributed by atoms with van der Waals surface area (Å²) in [6.07, 6.45) is 6.52. The van der Waals surface area contributed by atoms with Crippen LogP contribution in [0.1, 0.15) is 69.3 Å². The molecule has 17 nitrogen and oxygen atoms in total. The van der Waals surface area contributed by atoms with Crippen LogP contribution in [0.2, 0.25) is 5.02 Å². The maximum atomic E-state index is 16.6. The number of nitrogens with two attached hydrogens (primary N) is 1. The number of halogens is 3. The Morgan fingerprint density at radius 3 is 2.40 bits per heavy atom. The molecule has 2 aromatic heterocycles. The molecular formula is C52H58ClF2N11O6S. The van der Waals surface area contributed by atoms with Gasteiger partial charge >= 0.3 is 6.03 Å². The Morgan fingerprint density at radius 2 is 1.67 bits per heavy atom. The number of nitrogens with zero attached hydrogens (tertiary/aromatic N) is 7. The summed E-state index contributed by atoms with van der Waals surface area (Å²) in [5.41, 5.74) is 6.11. The highest BCUT2D eigenvalue weighted by atomic mass is 35.5. The van der Waals surface area contributed by atoms with E-state index in [1.54, 1.807) is 20.0 Å². The Labute approximate surface area is 430 Å². The van der Waals surface area contributed by atoms with Crippen molar-refractivity contribution in [1.82, 2.24) is 40.4 Å². The first kappa shape index (κ1) is 51.0. The van der Waals surface area contributed by atoms with Crippen molar-refractivity contribution >= 4 is 80.1 Å². The number of phenolic OH excluding ortho intramolecular Hbond substituents is 1. The van der Waals surface area contributed by atoms with E-state index in [4.69, 9.17) is 32.1 Å². The van der Waals surface area contributed by atoms with Gasteiger partial charge in [0.15, 0.2) is 11.6 Å². The van der Waals surface area contributed by atoms with Gasteiger partial charge in [-0.3, -0.25) is 14.4 Å². The van der Waals surface area contributed by atoms with Crippen molar-refractivity contribution in [3.8, 4) is 33.9 Å². The molecule has 0 unspecified atom stereocenters. The highest BCUT2D eigenvalue weighted by Gasteiger charge is 2.40. The van der Waals surface area contributed by atoms with Crippen LogP contribution in [0.4, 0.5) is 25.3 Å². The van der Waals surface area contributed by atoms with Crippen molar-refractivity contribution in [1.29, 1.82) is 0 Å². The number of fused-ring (bicyclic) bond motifs is 2. The van der Waals surface area contributed by atoms with Crippen LogP contribution in [-0.2, 0) is 14.4 Å². The van der Waals surface area contributed by atoms with Crippen LogP contribution in [0.25, 0.3) is 44.1 Å². The molecule has 9 rings (SSSR count). The van der Waals surface area contributed by atoms with Gasteiger partial charge in [-0.25, -0.2) is 23.5 Å². The van der Waals surface area contributed by atoms with E-state index < -0.39 is 47.0 Å². The lowest BCUT2D eigenvalue weighted by Crippen LogP contribution is -2.55. The zero-order valence-corrected chi connectivity index (χ0v) is 42.4. The van der Waals surface area contributed by atoms with E-state index in [1.807, 2.05) is 45.5 Å². The number of hydrogen-bond donors (Lipinski definition) is 5. The van der Waals surface area contributed by atoms with Gasteiger partial charge < -0.3 is 46.3 Å². The monoisotopic (exact) mass is 1040 g/mol. The van der Waals surface area contributed by atoms with Crippen molar-refractivity contribution in [3.63, 3.8) is 0 Å². The van der Waals surface area contributed by atoms with E-state index in [9.17, 15) is 24.3 Å². The first-order valence-corrected chi connectivity index (χ1v) is 25.9. The number of hydrogen-bond acceptors (Lipinski definition) is 13. The van der Waals surface area contributed by atoms with Gasteiger partial charge in [0.05, 0.1) is 28.4 Å². The van der Waals surface area contributed by atoms with Crippen LogP contribution in [0.3, 0.4) is 0 Å². The molecule has 73 heavy (non-hydrogen) atoms. The molecular weight excluding hydrogens is 980 g/mol. The molecule has 384 valence electrons. The lowest BCUT2D eigenvalue weighted by atomic mass is 9.83. The highest BCUT2D eigenvalue weighted by Crippen LogP contribution is 2.44. The summed E-state index contributed by atoms with van der Waals surface area (Å²) < 4.78 is 31.7. The predicted octanol–water partition coefficient (Wildman–Crippen LogP) is 8.00. The molecule has 3 aliphatic rings. The zero-order valence-electron chi connectivity index (χ0n) is 40.8. The molecule has 0 spiro atoms. The molecule has 2 saturated heterocycles. The molecule has 21 heteroatoms. The minimum atomic E-state index is -0.989. The average Bonchev–Trinajstić information content (AvgIpc) is 4.10. The summed E-state index contributed by atoms with van der Waals surface area (Å²) in [6.45, 7) is 3.53. The maximum absolute atomic E-state index is 16.6. The third-order valence-corrected chi connectivity index (χ3v) is 15.5. The van der Waals surface area contributed by atoms with Gasteiger partial charge in [-0.1, -0.05) is 61.2 Å². The Bertz CT molecular complexity index is 3040. The number of rotatable bonds is 15. The van der Waals surface area contributed by atoms with Crippen LogP contribution in [0, 0.1) is 17.6 Å². The fraction of sp³-hybridized carbons (Fsp3) is 0.404. The summed E-state index contributed by atoms with van der Waals surface area (Å²) in [7, 11) is 3.24. The lowest BCUT2D eigenvalue weighted by molar-refractivity contribution is -0.152. The number of phenols is 1. The minimum Gasteiger partial charge on any atom is -0.507 e.